The maximum atomic E-state index is 10.6. The maximum absolute atomic E-state index is 10.6. The Hall–Kier alpha value is -1.59. The summed E-state index contributed by atoms with van der Waals surface area (Å²) in [6.45, 7) is 2.02. The zero-order chi connectivity index (χ0) is 8.97. The third kappa shape index (κ3) is 2.22. The van der Waals surface area contributed by atoms with Gasteiger partial charge in [-0.15, -0.1) is 0 Å². The molecule has 1 N–H and O–H groups in total. The highest BCUT2D eigenvalue weighted by atomic mass is 16.7. The van der Waals surface area contributed by atoms with Crippen LogP contribution in [-0.4, -0.2) is 31.2 Å². The molecule has 0 aromatic carbocycles. The third-order valence-corrected chi connectivity index (χ3v) is 1.08. The van der Waals surface area contributed by atoms with Crippen LogP contribution in [0.5, 0.6) is 0 Å². The monoisotopic (exact) mass is 172 g/mol. The van der Waals surface area contributed by atoms with E-state index in [2.05, 4.69) is 19.8 Å². The molecule has 0 unspecified atom stereocenters. The van der Waals surface area contributed by atoms with Gasteiger partial charge >= 0.3 is 12.2 Å². The summed E-state index contributed by atoms with van der Waals surface area (Å²) in [6.07, 6.45) is -0.840. The Morgan fingerprint density at radius 2 is 2.50 bits per heavy atom. The van der Waals surface area contributed by atoms with Gasteiger partial charge in [0.2, 0.25) is 5.90 Å². The lowest BCUT2D eigenvalue weighted by atomic mass is 10.7. The topological polar surface area (TPSA) is 77.0 Å². The molecule has 66 valence electrons. The molecule has 1 aliphatic heterocycles. The van der Waals surface area contributed by atoms with E-state index in [1.54, 1.807) is 6.92 Å². The van der Waals surface area contributed by atoms with Crippen LogP contribution >= 0.6 is 0 Å². The minimum Gasteiger partial charge on any atom is -0.434 e. The second-order valence-corrected chi connectivity index (χ2v) is 1.95. The van der Waals surface area contributed by atoms with Gasteiger partial charge in [0.15, 0.2) is 0 Å². The van der Waals surface area contributed by atoms with Crippen LogP contribution < -0.4 is 5.32 Å². The Balaban J connectivity index is 2.36. The van der Waals surface area contributed by atoms with Crippen LogP contribution in [0.25, 0.3) is 0 Å². The molecule has 0 saturated carbocycles. The van der Waals surface area contributed by atoms with E-state index in [1.807, 2.05) is 0 Å². The largest absolute Gasteiger partial charge is 0.514 e. The molecule has 0 aromatic heterocycles. The Labute approximate surface area is 68.6 Å². The summed E-state index contributed by atoms with van der Waals surface area (Å²) in [5, 5.41) is 2.34. The molecule has 0 atom stereocenters. The van der Waals surface area contributed by atoms with Crippen molar-refractivity contribution in [2.24, 2.45) is 4.99 Å². The molecule has 0 fully saturated rings. The zero-order valence-electron chi connectivity index (χ0n) is 6.49. The van der Waals surface area contributed by atoms with Gasteiger partial charge < -0.3 is 14.8 Å². The number of carbonyl (C=O) groups excluding carboxylic acids is 2. The standard InChI is InChI=1S/C6H8N2O4/c1-2-11-6(10)12-4-3-7-5(9)8-4/h2-3H2,1H3,(H,7,9). The van der Waals surface area contributed by atoms with Gasteiger partial charge in [0.05, 0.1) is 13.2 Å². The number of urea groups is 1. The van der Waals surface area contributed by atoms with Gasteiger partial charge in [-0.1, -0.05) is 0 Å². The van der Waals surface area contributed by atoms with Crippen molar-refractivity contribution in [3.63, 3.8) is 0 Å². The molecular formula is C6H8N2O4. The number of rotatable bonds is 1. The molecular weight excluding hydrogens is 164 g/mol. The fraction of sp³-hybridized carbons (Fsp3) is 0.500. The highest BCUT2D eigenvalue weighted by Gasteiger charge is 2.17. The molecule has 0 radical (unpaired) electrons. The Morgan fingerprint density at radius 1 is 1.75 bits per heavy atom. The van der Waals surface area contributed by atoms with Gasteiger partial charge in [-0.05, 0) is 6.92 Å². The fourth-order valence-electron chi connectivity index (χ4n) is 0.646. The summed E-state index contributed by atoms with van der Waals surface area (Å²) >= 11 is 0. The van der Waals surface area contributed by atoms with E-state index in [9.17, 15) is 9.59 Å². The first-order valence-electron chi connectivity index (χ1n) is 3.42. The number of aliphatic imine (C=N–C) groups is 1. The number of nitrogens with zero attached hydrogens (tertiary/aromatic N) is 1. The van der Waals surface area contributed by atoms with Crippen molar-refractivity contribution in [1.29, 1.82) is 0 Å². The third-order valence-electron chi connectivity index (χ3n) is 1.08. The molecule has 0 bridgehead atoms. The predicted octanol–water partition coefficient (Wildman–Crippen LogP) is 0.281. The lowest BCUT2D eigenvalue weighted by Crippen LogP contribution is -2.20. The van der Waals surface area contributed by atoms with Gasteiger partial charge in [0.25, 0.3) is 0 Å². The van der Waals surface area contributed by atoms with Crippen LogP contribution in [-0.2, 0) is 9.47 Å². The molecule has 2 amide bonds. The molecule has 6 nitrogen and oxygen atoms in total. The van der Waals surface area contributed by atoms with Gasteiger partial charge in [0, 0.05) is 0 Å². The molecule has 0 aliphatic carbocycles. The highest BCUT2D eigenvalue weighted by molar-refractivity contribution is 6.01. The number of amides is 2. The molecule has 6 heteroatoms. The molecule has 1 heterocycles. The highest BCUT2D eigenvalue weighted by Crippen LogP contribution is 1.94. The first-order chi connectivity index (χ1) is 5.72. The molecule has 0 saturated heterocycles. The van der Waals surface area contributed by atoms with Crippen LogP contribution in [0.15, 0.2) is 4.99 Å². The Kier molecular flexibility index (Phi) is 2.62. The first kappa shape index (κ1) is 8.51. The summed E-state index contributed by atoms with van der Waals surface area (Å²) in [6, 6.07) is -0.505. The summed E-state index contributed by atoms with van der Waals surface area (Å²) in [5.74, 6) is 0.0402. The molecule has 1 aliphatic rings. The number of nitrogens with one attached hydrogen (secondary N) is 1. The first-order valence-corrected chi connectivity index (χ1v) is 3.42. The van der Waals surface area contributed by atoms with Crippen LogP contribution in [0.3, 0.4) is 0 Å². The minimum atomic E-state index is -0.840. The lowest BCUT2D eigenvalue weighted by molar-refractivity contribution is 0.100. The minimum absolute atomic E-state index is 0.0402. The summed E-state index contributed by atoms with van der Waals surface area (Å²) in [5.41, 5.74) is 0. The van der Waals surface area contributed by atoms with Crippen molar-refractivity contribution in [1.82, 2.24) is 5.32 Å². The van der Waals surface area contributed by atoms with Crippen LogP contribution in [0.4, 0.5) is 9.59 Å². The second kappa shape index (κ2) is 3.70. The van der Waals surface area contributed by atoms with E-state index < -0.39 is 12.2 Å². The van der Waals surface area contributed by atoms with Gasteiger partial charge in [-0.25, -0.2) is 9.59 Å². The summed E-state index contributed by atoms with van der Waals surface area (Å²) < 4.78 is 8.99. The second-order valence-electron chi connectivity index (χ2n) is 1.95. The molecule has 12 heavy (non-hydrogen) atoms. The maximum Gasteiger partial charge on any atom is 0.514 e. The van der Waals surface area contributed by atoms with Crippen molar-refractivity contribution >= 4 is 18.1 Å². The van der Waals surface area contributed by atoms with Crippen molar-refractivity contribution in [2.45, 2.75) is 6.92 Å². The predicted molar refractivity (Wildman–Crippen MR) is 38.9 cm³/mol. The van der Waals surface area contributed by atoms with Crippen LogP contribution in [0, 0.1) is 0 Å². The fourth-order valence-corrected chi connectivity index (χ4v) is 0.646. The van der Waals surface area contributed by atoms with Crippen molar-refractivity contribution in [3.05, 3.63) is 0 Å². The van der Waals surface area contributed by atoms with Crippen LogP contribution in [0.1, 0.15) is 6.92 Å². The summed E-state index contributed by atoms with van der Waals surface area (Å²) in [4.78, 5) is 24.5. The molecule has 1 rings (SSSR count). The number of carbonyl (C=O) groups is 2. The van der Waals surface area contributed by atoms with Crippen LogP contribution in [0.2, 0.25) is 0 Å². The SMILES string of the molecule is CCOC(=O)OC1=NC(=O)NC1. The Bertz CT molecular complexity index is 236. The summed E-state index contributed by atoms with van der Waals surface area (Å²) in [7, 11) is 0. The van der Waals surface area contributed by atoms with E-state index in [0.29, 0.717) is 0 Å². The quantitative estimate of drug-likeness (QED) is 0.576. The average Bonchev–Trinajstić information content (AvgIpc) is 2.36. The normalized spacial score (nSPS) is 15.1. The van der Waals surface area contributed by atoms with E-state index in [4.69, 9.17) is 0 Å². The van der Waals surface area contributed by atoms with Crippen molar-refractivity contribution < 1.29 is 19.1 Å². The van der Waals surface area contributed by atoms with Gasteiger partial charge in [0.1, 0.15) is 0 Å². The molecule has 0 spiro atoms. The van der Waals surface area contributed by atoms with Gasteiger partial charge in [-0.2, -0.15) is 4.99 Å². The van der Waals surface area contributed by atoms with E-state index in [1.165, 1.54) is 0 Å². The van der Waals surface area contributed by atoms with E-state index >= 15 is 0 Å². The zero-order valence-corrected chi connectivity index (χ0v) is 6.49. The number of hydrogen-bond donors (Lipinski definition) is 1. The lowest BCUT2D eigenvalue weighted by Gasteiger charge is -2.00. The number of ether oxygens (including phenoxy) is 2. The van der Waals surface area contributed by atoms with E-state index in [0.717, 1.165) is 0 Å². The van der Waals surface area contributed by atoms with Crippen molar-refractivity contribution in [3.8, 4) is 0 Å². The van der Waals surface area contributed by atoms with E-state index in [-0.39, 0.29) is 19.0 Å². The Morgan fingerprint density at radius 3 is 3.00 bits per heavy atom. The smallest absolute Gasteiger partial charge is 0.434 e. The van der Waals surface area contributed by atoms with Gasteiger partial charge in [-0.3, -0.25) is 0 Å². The van der Waals surface area contributed by atoms with Crippen molar-refractivity contribution in [2.75, 3.05) is 13.2 Å². The molecule has 0 aromatic rings. The average molecular weight is 172 g/mol. The number of hydrogen-bond acceptors (Lipinski definition) is 4.